The van der Waals surface area contributed by atoms with Gasteiger partial charge in [0.1, 0.15) is 0 Å². The van der Waals surface area contributed by atoms with E-state index in [2.05, 4.69) is 22.0 Å². The lowest BCUT2D eigenvalue weighted by molar-refractivity contribution is 0.464. The summed E-state index contributed by atoms with van der Waals surface area (Å²) in [7, 11) is -3.40. The molecule has 24 heavy (non-hydrogen) atoms. The summed E-state index contributed by atoms with van der Waals surface area (Å²) in [4.78, 5) is 0. The highest BCUT2D eigenvalue weighted by molar-refractivity contribution is 7.87. The monoisotopic (exact) mass is 348 g/mol. The van der Waals surface area contributed by atoms with Gasteiger partial charge in [0.2, 0.25) is 0 Å². The second-order valence-corrected chi connectivity index (χ2v) is 7.98. The summed E-state index contributed by atoms with van der Waals surface area (Å²) in [6.07, 6.45) is 1.88. The van der Waals surface area contributed by atoms with E-state index in [-0.39, 0.29) is 6.54 Å². The molecule has 6 nitrogen and oxygen atoms in total. The van der Waals surface area contributed by atoms with Crippen LogP contribution in [0.15, 0.2) is 30.3 Å². The van der Waals surface area contributed by atoms with Crippen LogP contribution in [-0.2, 0) is 23.3 Å². The van der Waals surface area contributed by atoms with E-state index in [0.29, 0.717) is 19.6 Å². The lowest BCUT2D eigenvalue weighted by Gasteiger charge is -2.16. The maximum Gasteiger partial charge on any atom is 0.279 e. The van der Waals surface area contributed by atoms with E-state index in [1.165, 1.54) is 9.87 Å². The molecule has 0 aliphatic carbocycles. The Hall–Kier alpha value is -1.70. The number of nitrogens with zero attached hydrogens (tertiary/aromatic N) is 3. The predicted octanol–water partition coefficient (Wildman–Crippen LogP) is 1.98. The first-order chi connectivity index (χ1) is 11.5. The minimum atomic E-state index is -3.40. The number of nitrogens with one attached hydrogen (secondary N) is 1. The highest BCUT2D eigenvalue weighted by Gasteiger charge is 2.25. The van der Waals surface area contributed by atoms with Crippen LogP contribution >= 0.6 is 0 Å². The topological polar surface area (TPSA) is 67.2 Å². The molecular weight excluding hydrogens is 324 g/mol. The maximum absolute atomic E-state index is 12.3. The van der Waals surface area contributed by atoms with Crippen molar-refractivity contribution < 1.29 is 8.42 Å². The molecule has 7 heteroatoms. The van der Waals surface area contributed by atoms with Gasteiger partial charge in [-0.3, -0.25) is 4.68 Å². The Balaban J connectivity index is 1.72. The van der Waals surface area contributed by atoms with Crippen LogP contribution in [0.3, 0.4) is 0 Å². The van der Waals surface area contributed by atoms with Gasteiger partial charge in [0.05, 0.1) is 12.2 Å². The van der Waals surface area contributed by atoms with Crippen molar-refractivity contribution in [3.8, 4) is 0 Å². The first-order valence-electron chi connectivity index (χ1n) is 8.29. The van der Waals surface area contributed by atoms with Crippen LogP contribution in [0.25, 0.3) is 0 Å². The molecule has 0 saturated carbocycles. The number of rotatable bonds is 6. The molecule has 1 aliphatic heterocycles. The van der Waals surface area contributed by atoms with Gasteiger partial charge < -0.3 is 0 Å². The predicted molar refractivity (Wildman–Crippen MR) is 93.8 cm³/mol. The molecule has 1 aromatic heterocycles. The van der Waals surface area contributed by atoms with Crippen molar-refractivity contribution in [2.24, 2.45) is 0 Å². The van der Waals surface area contributed by atoms with Crippen molar-refractivity contribution in [1.29, 1.82) is 0 Å². The lowest BCUT2D eigenvalue weighted by Crippen LogP contribution is -2.38. The summed E-state index contributed by atoms with van der Waals surface area (Å²) in [5.41, 5.74) is 3.99. The van der Waals surface area contributed by atoms with Gasteiger partial charge in [0, 0.05) is 30.9 Å². The van der Waals surface area contributed by atoms with Gasteiger partial charge >= 0.3 is 0 Å². The Kier molecular flexibility index (Phi) is 5.03. The van der Waals surface area contributed by atoms with Crippen LogP contribution in [-0.4, -0.2) is 35.6 Å². The molecule has 0 amide bonds. The van der Waals surface area contributed by atoms with Gasteiger partial charge in [0.15, 0.2) is 0 Å². The van der Waals surface area contributed by atoms with Crippen molar-refractivity contribution in [3.63, 3.8) is 0 Å². The molecule has 130 valence electrons. The number of aromatic nitrogens is 2. The Labute approximate surface area is 143 Å². The van der Waals surface area contributed by atoms with Gasteiger partial charge in [-0.2, -0.15) is 22.5 Å². The standard InChI is InChI=1S/C17H24N4O2S/c1-14-17(12-18-24(22,23)20-10-6-7-11-20)15(2)21(19-14)13-16-8-4-3-5-9-16/h3-5,8-9,18H,6-7,10-13H2,1-2H3. The van der Waals surface area contributed by atoms with Crippen molar-refractivity contribution in [2.75, 3.05) is 13.1 Å². The first kappa shape index (κ1) is 17.1. The van der Waals surface area contributed by atoms with Crippen molar-refractivity contribution in [3.05, 3.63) is 52.8 Å². The van der Waals surface area contributed by atoms with E-state index < -0.39 is 10.2 Å². The first-order valence-corrected chi connectivity index (χ1v) is 9.73. The van der Waals surface area contributed by atoms with Crippen molar-refractivity contribution in [1.82, 2.24) is 18.8 Å². The summed E-state index contributed by atoms with van der Waals surface area (Å²) < 4.78 is 30.8. The maximum atomic E-state index is 12.3. The molecule has 2 heterocycles. The Morgan fingerprint density at radius 2 is 1.79 bits per heavy atom. The summed E-state index contributed by atoms with van der Waals surface area (Å²) in [5, 5.41) is 4.57. The van der Waals surface area contributed by atoms with E-state index in [4.69, 9.17) is 0 Å². The van der Waals surface area contributed by atoms with Crippen LogP contribution in [0.1, 0.15) is 35.4 Å². The fourth-order valence-electron chi connectivity index (χ4n) is 3.08. The fourth-order valence-corrected chi connectivity index (χ4v) is 4.33. The third kappa shape index (κ3) is 3.68. The molecule has 2 aromatic rings. The molecule has 0 unspecified atom stereocenters. The number of benzene rings is 1. The molecule has 1 saturated heterocycles. The molecule has 0 radical (unpaired) electrons. The van der Waals surface area contributed by atoms with E-state index in [1.54, 1.807) is 0 Å². The largest absolute Gasteiger partial charge is 0.279 e. The van der Waals surface area contributed by atoms with E-state index >= 15 is 0 Å². The molecule has 1 fully saturated rings. The zero-order valence-electron chi connectivity index (χ0n) is 14.2. The van der Waals surface area contributed by atoms with Crippen LogP contribution < -0.4 is 4.72 Å². The minimum Gasteiger partial charge on any atom is -0.265 e. The molecule has 1 N–H and O–H groups in total. The Morgan fingerprint density at radius 3 is 2.46 bits per heavy atom. The summed E-state index contributed by atoms with van der Waals surface area (Å²) in [5.74, 6) is 0. The van der Waals surface area contributed by atoms with E-state index in [1.807, 2.05) is 36.7 Å². The lowest BCUT2D eigenvalue weighted by atomic mass is 10.2. The second kappa shape index (κ2) is 7.04. The highest BCUT2D eigenvalue weighted by Crippen LogP contribution is 2.16. The quantitative estimate of drug-likeness (QED) is 0.868. The zero-order valence-corrected chi connectivity index (χ0v) is 15.0. The highest BCUT2D eigenvalue weighted by atomic mass is 32.2. The Morgan fingerprint density at radius 1 is 1.12 bits per heavy atom. The fraction of sp³-hybridized carbons (Fsp3) is 0.471. The molecule has 0 spiro atoms. The summed E-state index contributed by atoms with van der Waals surface area (Å²) in [6, 6.07) is 10.1. The average molecular weight is 348 g/mol. The summed E-state index contributed by atoms with van der Waals surface area (Å²) in [6.45, 7) is 6.11. The van der Waals surface area contributed by atoms with Gasteiger partial charge in [0.25, 0.3) is 10.2 Å². The molecule has 1 aromatic carbocycles. The molecule has 0 atom stereocenters. The molecule has 3 rings (SSSR count). The van der Waals surface area contributed by atoms with Crippen LogP contribution in [0.4, 0.5) is 0 Å². The normalized spacial score (nSPS) is 15.9. The SMILES string of the molecule is Cc1nn(Cc2ccccc2)c(C)c1CNS(=O)(=O)N1CCCC1. The van der Waals surface area contributed by atoms with Crippen molar-refractivity contribution >= 4 is 10.2 Å². The smallest absolute Gasteiger partial charge is 0.265 e. The van der Waals surface area contributed by atoms with E-state index in [0.717, 1.165) is 29.8 Å². The van der Waals surface area contributed by atoms with Gasteiger partial charge in [-0.05, 0) is 32.3 Å². The van der Waals surface area contributed by atoms with Crippen LogP contribution in [0.5, 0.6) is 0 Å². The van der Waals surface area contributed by atoms with Gasteiger partial charge in [-0.25, -0.2) is 0 Å². The number of hydrogen-bond donors (Lipinski definition) is 1. The van der Waals surface area contributed by atoms with E-state index in [9.17, 15) is 8.42 Å². The number of hydrogen-bond acceptors (Lipinski definition) is 3. The van der Waals surface area contributed by atoms with Crippen LogP contribution in [0.2, 0.25) is 0 Å². The van der Waals surface area contributed by atoms with Gasteiger partial charge in [-0.1, -0.05) is 30.3 Å². The third-order valence-corrected chi connectivity index (χ3v) is 6.10. The molecule has 0 bridgehead atoms. The molecule has 1 aliphatic rings. The third-order valence-electron chi connectivity index (χ3n) is 4.54. The number of aryl methyl sites for hydroxylation is 1. The van der Waals surface area contributed by atoms with Crippen LogP contribution in [0, 0.1) is 13.8 Å². The Bertz CT molecular complexity index is 793. The average Bonchev–Trinajstić information content (AvgIpc) is 3.18. The summed E-state index contributed by atoms with van der Waals surface area (Å²) >= 11 is 0. The van der Waals surface area contributed by atoms with Gasteiger partial charge in [-0.15, -0.1) is 0 Å². The molecular formula is C17H24N4O2S. The van der Waals surface area contributed by atoms with Crippen molar-refractivity contribution in [2.45, 2.75) is 39.8 Å². The zero-order chi connectivity index (χ0) is 17.2. The minimum absolute atomic E-state index is 0.283. The second-order valence-electron chi connectivity index (χ2n) is 6.22.